The maximum absolute atomic E-state index is 10.8. The van der Waals surface area contributed by atoms with Gasteiger partial charge in [-0.2, -0.15) is 0 Å². The molecular weight excluding hydrogens is 202 g/mol. The van der Waals surface area contributed by atoms with Crippen LogP contribution in [-0.4, -0.2) is 11.5 Å². The van der Waals surface area contributed by atoms with E-state index in [1.54, 1.807) is 0 Å². The van der Waals surface area contributed by atoms with Crippen molar-refractivity contribution in [2.45, 2.75) is 38.5 Å². The van der Waals surface area contributed by atoms with Crippen LogP contribution in [0.5, 0.6) is 0 Å². The molecule has 0 aliphatic carbocycles. The first-order chi connectivity index (χ1) is 7.58. The van der Waals surface area contributed by atoms with Crippen LogP contribution in [0.3, 0.4) is 0 Å². The van der Waals surface area contributed by atoms with Gasteiger partial charge in [0.15, 0.2) is 0 Å². The van der Waals surface area contributed by atoms with E-state index in [4.69, 9.17) is 0 Å². The third-order valence-electron chi connectivity index (χ3n) is 3.03. The van der Waals surface area contributed by atoms with Gasteiger partial charge in [0.25, 0.3) is 0 Å². The van der Waals surface area contributed by atoms with Gasteiger partial charge >= 0.3 is 0 Å². The Morgan fingerprint density at radius 2 is 1.94 bits per heavy atom. The van der Waals surface area contributed by atoms with Crippen LogP contribution in [0.25, 0.3) is 0 Å². The van der Waals surface area contributed by atoms with Crippen LogP contribution in [0.2, 0.25) is 0 Å². The van der Waals surface area contributed by atoms with E-state index in [0.29, 0.717) is 0 Å². The first kappa shape index (κ1) is 12.7. The molecule has 1 atom stereocenters. The predicted molar refractivity (Wildman–Crippen MR) is 65.2 cm³/mol. The fourth-order valence-electron chi connectivity index (χ4n) is 2.01. The lowest BCUT2D eigenvalue weighted by molar-refractivity contribution is -0.490. The normalized spacial score (nSPS) is 14.4. The summed E-state index contributed by atoms with van der Waals surface area (Å²) in [5.41, 5.74) is 0.737. The Bertz CT molecular complexity index is 337. The highest BCUT2D eigenvalue weighted by Crippen LogP contribution is 2.29. The van der Waals surface area contributed by atoms with E-state index in [2.05, 4.69) is 6.92 Å². The molecule has 0 aliphatic heterocycles. The second-order valence-electron chi connectivity index (χ2n) is 4.52. The van der Waals surface area contributed by atoms with Crippen molar-refractivity contribution in [3.63, 3.8) is 0 Å². The van der Waals surface area contributed by atoms with Crippen molar-refractivity contribution >= 4 is 0 Å². The maximum atomic E-state index is 10.8. The number of hydrogen-bond acceptors (Lipinski definition) is 2. The molecule has 0 saturated heterocycles. The van der Waals surface area contributed by atoms with Crippen molar-refractivity contribution in [3.05, 3.63) is 46.0 Å². The molecule has 88 valence electrons. The summed E-state index contributed by atoms with van der Waals surface area (Å²) < 4.78 is 0. The fourth-order valence-corrected chi connectivity index (χ4v) is 2.01. The Kier molecular flexibility index (Phi) is 4.47. The molecular formula is C13H19NO2. The average Bonchev–Trinajstić information content (AvgIpc) is 2.27. The van der Waals surface area contributed by atoms with E-state index in [9.17, 15) is 10.1 Å². The van der Waals surface area contributed by atoms with Crippen LogP contribution in [0, 0.1) is 10.1 Å². The lowest BCUT2D eigenvalue weighted by atomic mass is 9.78. The summed E-state index contributed by atoms with van der Waals surface area (Å²) in [6.45, 7) is 4.11. The molecule has 0 amide bonds. The summed E-state index contributed by atoms with van der Waals surface area (Å²) in [5.74, 6) is 0. The summed E-state index contributed by atoms with van der Waals surface area (Å²) >= 11 is 0. The van der Waals surface area contributed by atoms with Crippen molar-refractivity contribution in [3.8, 4) is 0 Å². The van der Waals surface area contributed by atoms with E-state index < -0.39 is 0 Å². The third kappa shape index (κ3) is 3.33. The van der Waals surface area contributed by atoms with Gasteiger partial charge in [-0.15, -0.1) is 0 Å². The fraction of sp³-hybridized carbons (Fsp3) is 0.538. The molecule has 0 spiro atoms. The Balaban J connectivity index is 2.90. The number of unbranched alkanes of at least 4 members (excludes halogenated alkanes) is 1. The van der Waals surface area contributed by atoms with Gasteiger partial charge in [-0.25, -0.2) is 0 Å². The third-order valence-corrected chi connectivity index (χ3v) is 3.03. The topological polar surface area (TPSA) is 43.1 Å². The average molecular weight is 221 g/mol. The SMILES string of the molecule is CCCC[C@](C)(C[N+](=O)[O-])c1ccccc1. The molecule has 16 heavy (non-hydrogen) atoms. The van der Waals surface area contributed by atoms with Gasteiger partial charge < -0.3 is 0 Å². The molecule has 0 heterocycles. The summed E-state index contributed by atoms with van der Waals surface area (Å²) in [6, 6.07) is 9.80. The quantitative estimate of drug-likeness (QED) is 0.545. The van der Waals surface area contributed by atoms with Crippen LogP contribution in [0.15, 0.2) is 30.3 Å². The molecule has 0 N–H and O–H groups in total. The monoisotopic (exact) mass is 221 g/mol. The largest absolute Gasteiger partial charge is 0.265 e. The van der Waals surface area contributed by atoms with Crippen molar-refractivity contribution < 1.29 is 4.92 Å². The summed E-state index contributed by atoms with van der Waals surface area (Å²) in [6.07, 6.45) is 2.97. The molecule has 1 aromatic rings. The van der Waals surface area contributed by atoms with E-state index in [0.717, 1.165) is 24.8 Å². The number of nitrogens with zero attached hydrogens (tertiary/aromatic N) is 1. The minimum absolute atomic E-state index is 0.0109. The molecule has 0 aliphatic rings. The van der Waals surface area contributed by atoms with Crippen molar-refractivity contribution in [2.24, 2.45) is 0 Å². The summed E-state index contributed by atoms with van der Waals surface area (Å²) in [5, 5.41) is 10.8. The molecule has 0 aromatic heterocycles. The van der Waals surface area contributed by atoms with Gasteiger partial charge in [0.05, 0.1) is 5.41 Å². The van der Waals surface area contributed by atoms with E-state index in [-0.39, 0.29) is 16.9 Å². The zero-order valence-electron chi connectivity index (χ0n) is 9.98. The lowest BCUT2D eigenvalue weighted by Gasteiger charge is -2.25. The molecule has 1 rings (SSSR count). The van der Waals surface area contributed by atoms with Gasteiger partial charge in [-0.05, 0) is 18.9 Å². The second-order valence-corrected chi connectivity index (χ2v) is 4.52. The number of benzene rings is 1. The standard InChI is InChI=1S/C13H19NO2/c1-3-4-10-13(2,11-14(15)16)12-8-6-5-7-9-12/h5-9H,3-4,10-11H2,1-2H3/t13-/m1/s1. The Labute approximate surface area is 96.6 Å². The van der Waals surface area contributed by atoms with Gasteiger partial charge in [0.1, 0.15) is 0 Å². The first-order valence-corrected chi connectivity index (χ1v) is 5.76. The van der Waals surface area contributed by atoms with Gasteiger partial charge in [-0.1, -0.05) is 50.1 Å². The molecule has 3 nitrogen and oxygen atoms in total. The molecule has 0 radical (unpaired) electrons. The van der Waals surface area contributed by atoms with Crippen LogP contribution in [0.1, 0.15) is 38.7 Å². The molecule has 0 fully saturated rings. The summed E-state index contributed by atoms with van der Waals surface area (Å²) in [7, 11) is 0. The van der Waals surface area contributed by atoms with Gasteiger partial charge in [0, 0.05) is 4.92 Å². The van der Waals surface area contributed by atoms with E-state index in [1.165, 1.54) is 0 Å². The minimum Gasteiger partial charge on any atom is -0.265 e. The second kappa shape index (κ2) is 5.64. The molecule has 0 unspecified atom stereocenters. The van der Waals surface area contributed by atoms with Crippen LogP contribution in [-0.2, 0) is 5.41 Å². The van der Waals surface area contributed by atoms with Gasteiger partial charge in [-0.3, -0.25) is 10.1 Å². The van der Waals surface area contributed by atoms with Crippen molar-refractivity contribution in [1.82, 2.24) is 0 Å². The zero-order chi connectivity index (χ0) is 12.0. The highest BCUT2D eigenvalue weighted by molar-refractivity contribution is 5.24. The molecule has 0 bridgehead atoms. The smallest absolute Gasteiger partial charge is 0.213 e. The Hall–Kier alpha value is -1.38. The first-order valence-electron chi connectivity index (χ1n) is 5.76. The van der Waals surface area contributed by atoms with Crippen molar-refractivity contribution in [2.75, 3.05) is 6.54 Å². The summed E-state index contributed by atoms with van der Waals surface area (Å²) in [4.78, 5) is 10.6. The number of nitro groups is 1. The highest BCUT2D eigenvalue weighted by atomic mass is 16.6. The Morgan fingerprint density at radius 3 is 2.44 bits per heavy atom. The zero-order valence-corrected chi connectivity index (χ0v) is 9.98. The van der Waals surface area contributed by atoms with Gasteiger partial charge in [0.2, 0.25) is 6.54 Å². The highest BCUT2D eigenvalue weighted by Gasteiger charge is 2.31. The molecule has 3 heteroatoms. The Morgan fingerprint density at radius 1 is 1.31 bits per heavy atom. The molecule has 0 saturated carbocycles. The van der Waals surface area contributed by atoms with E-state index in [1.807, 2.05) is 37.3 Å². The number of rotatable bonds is 6. The predicted octanol–water partition coefficient (Wildman–Crippen LogP) is 3.41. The van der Waals surface area contributed by atoms with E-state index >= 15 is 0 Å². The van der Waals surface area contributed by atoms with Crippen LogP contribution >= 0.6 is 0 Å². The van der Waals surface area contributed by atoms with Crippen LogP contribution < -0.4 is 0 Å². The van der Waals surface area contributed by atoms with Crippen molar-refractivity contribution in [1.29, 1.82) is 0 Å². The van der Waals surface area contributed by atoms with Crippen LogP contribution in [0.4, 0.5) is 0 Å². The minimum atomic E-state index is -0.333. The molecule has 1 aromatic carbocycles. The number of hydrogen-bond donors (Lipinski definition) is 0. The maximum Gasteiger partial charge on any atom is 0.213 e. The lowest BCUT2D eigenvalue weighted by Crippen LogP contribution is -2.31.